The van der Waals surface area contributed by atoms with Gasteiger partial charge < -0.3 is 24.4 Å². The molecule has 2 fully saturated rings. The fraction of sp³-hybridized carbons (Fsp3) is 0.636. The van der Waals surface area contributed by atoms with Gasteiger partial charge in [-0.25, -0.2) is 0 Å². The van der Waals surface area contributed by atoms with E-state index in [4.69, 9.17) is 14.2 Å². The molecular formula is C22H31N2O5+. The van der Waals surface area contributed by atoms with Gasteiger partial charge in [0.2, 0.25) is 0 Å². The summed E-state index contributed by atoms with van der Waals surface area (Å²) in [4.78, 5) is 25.5. The fourth-order valence-corrected chi connectivity index (χ4v) is 4.60. The Morgan fingerprint density at radius 3 is 2.59 bits per heavy atom. The number of rotatable bonds is 5. The summed E-state index contributed by atoms with van der Waals surface area (Å²) in [6, 6.07) is 5.61. The van der Waals surface area contributed by atoms with Gasteiger partial charge in [-0.05, 0) is 31.9 Å². The molecule has 7 heteroatoms. The number of piperidine rings is 1. The number of carbonyl (C=O) groups excluding carboxylic acids is 2. The van der Waals surface area contributed by atoms with Crippen LogP contribution in [0.4, 0.5) is 5.69 Å². The van der Waals surface area contributed by atoms with Crippen LogP contribution in [-0.4, -0.2) is 43.9 Å². The van der Waals surface area contributed by atoms with E-state index in [9.17, 15) is 9.59 Å². The van der Waals surface area contributed by atoms with Crippen molar-refractivity contribution in [3.63, 3.8) is 0 Å². The van der Waals surface area contributed by atoms with Crippen LogP contribution < -0.4 is 19.7 Å². The molecule has 2 aliphatic heterocycles. The van der Waals surface area contributed by atoms with E-state index in [-0.39, 0.29) is 17.8 Å². The van der Waals surface area contributed by atoms with Gasteiger partial charge in [0.15, 0.2) is 18.0 Å². The van der Waals surface area contributed by atoms with Crippen LogP contribution in [0.3, 0.4) is 0 Å². The van der Waals surface area contributed by atoms with Crippen molar-refractivity contribution in [2.45, 2.75) is 57.7 Å². The average Bonchev–Trinajstić information content (AvgIpc) is 3.05. The van der Waals surface area contributed by atoms with Crippen LogP contribution in [0, 0.1) is 5.92 Å². The minimum atomic E-state index is -0.503. The summed E-state index contributed by atoms with van der Waals surface area (Å²) in [6.07, 6.45) is 6.83. The molecule has 1 aliphatic carbocycles. The van der Waals surface area contributed by atoms with Gasteiger partial charge in [-0.1, -0.05) is 6.42 Å². The molecule has 1 saturated heterocycles. The molecule has 1 aromatic carbocycles. The Bertz CT molecular complexity index is 752. The third-order valence-corrected chi connectivity index (χ3v) is 6.16. The predicted octanol–water partition coefficient (Wildman–Crippen LogP) is 1.91. The molecule has 0 bridgehead atoms. The highest BCUT2D eigenvalue weighted by atomic mass is 16.7. The van der Waals surface area contributed by atoms with Crippen molar-refractivity contribution in [1.29, 1.82) is 0 Å². The third-order valence-electron chi connectivity index (χ3n) is 6.16. The maximum atomic E-state index is 12.5. The molecule has 2 heterocycles. The topological polar surface area (TPSA) is 78.3 Å². The largest absolute Gasteiger partial charge is 0.466 e. The van der Waals surface area contributed by atoms with E-state index in [1.807, 2.05) is 25.1 Å². The molecule has 1 spiro atoms. The summed E-state index contributed by atoms with van der Waals surface area (Å²) < 4.78 is 17.3. The first kappa shape index (κ1) is 20.0. The Balaban J connectivity index is 1.27. The first-order valence-corrected chi connectivity index (χ1v) is 10.9. The van der Waals surface area contributed by atoms with E-state index >= 15 is 0 Å². The summed E-state index contributed by atoms with van der Waals surface area (Å²) in [5.74, 6) is 0.816. The maximum Gasteiger partial charge on any atom is 0.309 e. The number of nitrogens with one attached hydrogen (secondary N) is 2. The number of esters is 1. The number of hydrogen-bond acceptors (Lipinski definition) is 5. The molecule has 29 heavy (non-hydrogen) atoms. The Morgan fingerprint density at radius 1 is 1.14 bits per heavy atom. The second kappa shape index (κ2) is 8.61. The summed E-state index contributed by atoms with van der Waals surface area (Å²) >= 11 is 0. The van der Waals surface area contributed by atoms with Crippen LogP contribution >= 0.6 is 0 Å². The van der Waals surface area contributed by atoms with Crippen molar-refractivity contribution >= 4 is 17.6 Å². The summed E-state index contributed by atoms with van der Waals surface area (Å²) in [6.45, 7) is 4.26. The molecule has 0 radical (unpaired) electrons. The zero-order valence-electron chi connectivity index (χ0n) is 17.1. The number of carbonyl (C=O) groups is 2. The molecule has 1 amide bonds. The molecule has 2 N–H and O–H groups in total. The molecule has 0 unspecified atom stereocenters. The molecule has 3 aliphatic rings. The number of hydrogen-bond donors (Lipinski definition) is 2. The fourth-order valence-electron chi connectivity index (χ4n) is 4.60. The molecule has 0 atom stereocenters. The van der Waals surface area contributed by atoms with Crippen molar-refractivity contribution in [2.75, 3.05) is 31.6 Å². The Morgan fingerprint density at radius 2 is 1.86 bits per heavy atom. The quantitative estimate of drug-likeness (QED) is 0.735. The predicted molar refractivity (Wildman–Crippen MR) is 107 cm³/mol. The zero-order chi connectivity index (χ0) is 20.3. The number of anilines is 1. The van der Waals surface area contributed by atoms with Crippen LogP contribution in [0.25, 0.3) is 0 Å². The van der Waals surface area contributed by atoms with E-state index in [1.165, 1.54) is 11.3 Å². The Labute approximate surface area is 171 Å². The normalized spacial score (nSPS) is 24.9. The van der Waals surface area contributed by atoms with Gasteiger partial charge >= 0.3 is 5.97 Å². The number of amides is 1. The van der Waals surface area contributed by atoms with Crippen molar-refractivity contribution in [2.24, 2.45) is 5.92 Å². The zero-order valence-corrected chi connectivity index (χ0v) is 17.1. The second-order valence-corrected chi connectivity index (χ2v) is 8.34. The molecule has 0 aromatic heterocycles. The average molecular weight is 403 g/mol. The lowest BCUT2D eigenvalue weighted by atomic mass is 9.94. The molecule has 158 valence electrons. The van der Waals surface area contributed by atoms with Crippen molar-refractivity contribution < 1.29 is 28.7 Å². The van der Waals surface area contributed by atoms with Crippen molar-refractivity contribution in [3.8, 4) is 11.5 Å². The third kappa shape index (κ3) is 4.66. The first-order chi connectivity index (χ1) is 14.1. The number of benzene rings is 1. The molecule has 4 rings (SSSR count). The highest BCUT2D eigenvalue weighted by molar-refractivity contribution is 5.91. The SMILES string of the molecule is CCOC(=O)C1CC[NH+](CC(=O)Nc2ccc3c(c2)OC2(CCCCC2)O3)CC1. The van der Waals surface area contributed by atoms with Gasteiger partial charge in [-0.3, -0.25) is 9.59 Å². The van der Waals surface area contributed by atoms with Gasteiger partial charge in [-0.15, -0.1) is 0 Å². The van der Waals surface area contributed by atoms with Crippen LogP contribution in [0.2, 0.25) is 0 Å². The number of likely N-dealkylation sites (tertiary alicyclic amines) is 1. The van der Waals surface area contributed by atoms with Gasteiger partial charge in [0.05, 0.1) is 25.6 Å². The first-order valence-electron chi connectivity index (χ1n) is 10.9. The lowest BCUT2D eigenvalue weighted by Crippen LogP contribution is -3.14. The lowest BCUT2D eigenvalue weighted by Gasteiger charge is -2.31. The summed E-state index contributed by atoms with van der Waals surface area (Å²) in [7, 11) is 0. The highest BCUT2D eigenvalue weighted by Gasteiger charge is 2.42. The Hall–Kier alpha value is -2.28. The van der Waals surface area contributed by atoms with E-state index in [0.717, 1.165) is 63.1 Å². The van der Waals surface area contributed by atoms with Crippen LogP contribution in [0.15, 0.2) is 18.2 Å². The molecular weight excluding hydrogens is 372 g/mol. The van der Waals surface area contributed by atoms with Gasteiger partial charge in [-0.2, -0.15) is 0 Å². The lowest BCUT2D eigenvalue weighted by molar-refractivity contribution is -0.897. The van der Waals surface area contributed by atoms with Crippen molar-refractivity contribution in [3.05, 3.63) is 18.2 Å². The van der Waals surface area contributed by atoms with E-state index < -0.39 is 5.79 Å². The number of ether oxygens (including phenoxy) is 3. The van der Waals surface area contributed by atoms with E-state index in [2.05, 4.69) is 5.32 Å². The second-order valence-electron chi connectivity index (χ2n) is 8.34. The van der Waals surface area contributed by atoms with Crippen LogP contribution in [0.1, 0.15) is 51.9 Å². The summed E-state index contributed by atoms with van der Waals surface area (Å²) in [5, 5.41) is 2.98. The standard InChI is InChI=1S/C22H30N2O5/c1-2-27-21(26)16-8-12-24(13-9-16)15-20(25)23-17-6-7-18-19(14-17)29-22(28-18)10-4-3-5-11-22/h6-7,14,16H,2-5,8-13,15H2,1H3,(H,23,25)/p+1. The van der Waals surface area contributed by atoms with Gasteiger partial charge in [0, 0.05) is 37.4 Å². The number of quaternary nitrogens is 1. The summed E-state index contributed by atoms with van der Waals surface area (Å²) in [5.41, 5.74) is 0.728. The van der Waals surface area contributed by atoms with E-state index in [0.29, 0.717) is 18.9 Å². The minimum absolute atomic E-state index is 0.0253. The maximum absolute atomic E-state index is 12.5. The molecule has 7 nitrogen and oxygen atoms in total. The molecule has 1 aromatic rings. The molecule has 1 saturated carbocycles. The van der Waals surface area contributed by atoms with Crippen molar-refractivity contribution in [1.82, 2.24) is 0 Å². The van der Waals surface area contributed by atoms with Gasteiger partial charge in [0.25, 0.3) is 11.7 Å². The number of fused-ring (bicyclic) bond motifs is 1. The Kier molecular flexibility index (Phi) is 5.94. The monoisotopic (exact) mass is 403 g/mol. The van der Waals surface area contributed by atoms with Crippen LogP contribution in [0.5, 0.6) is 11.5 Å². The minimum Gasteiger partial charge on any atom is -0.466 e. The highest BCUT2D eigenvalue weighted by Crippen LogP contribution is 2.46. The van der Waals surface area contributed by atoms with Gasteiger partial charge in [0.1, 0.15) is 0 Å². The smallest absolute Gasteiger partial charge is 0.309 e. The van der Waals surface area contributed by atoms with Crippen LogP contribution in [-0.2, 0) is 14.3 Å². The van der Waals surface area contributed by atoms with E-state index in [1.54, 1.807) is 0 Å².